The number of aromatic carboxylic acids is 1. The summed E-state index contributed by atoms with van der Waals surface area (Å²) >= 11 is 0. The van der Waals surface area contributed by atoms with Crippen LogP contribution in [0.2, 0.25) is 0 Å². The van der Waals surface area contributed by atoms with Crippen molar-refractivity contribution >= 4 is 22.9 Å². The Kier molecular flexibility index (Phi) is 3.70. The molecule has 3 aliphatic carbocycles. The van der Waals surface area contributed by atoms with Gasteiger partial charge in [-0.15, -0.1) is 0 Å². The van der Waals surface area contributed by atoms with Gasteiger partial charge in [0, 0.05) is 47.5 Å². The van der Waals surface area contributed by atoms with Crippen molar-refractivity contribution < 1.29 is 14.7 Å². The largest absolute Gasteiger partial charge is 0.478 e. The minimum absolute atomic E-state index is 0.105. The predicted octanol–water partition coefficient (Wildman–Crippen LogP) is 3.32. The van der Waals surface area contributed by atoms with Gasteiger partial charge in [-0.25, -0.2) is 9.78 Å². The number of rotatable bonds is 4. The Balaban J connectivity index is 1.41. The first-order valence-corrected chi connectivity index (χ1v) is 10.2. The highest BCUT2D eigenvalue weighted by atomic mass is 16.4. The molecule has 3 aliphatic rings. The lowest BCUT2D eigenvalue weighted by atomic mass is 9.37. The maximum Gasteiger partial charge on any atom is 0.337 e. The first-order chi connectivity index (χ1) is 14.0. The molecule has 0 unspecified atom stereocenters. The van der Waals surface area contributed by atoms with E-state index >= 15 is 0 Å². The van der Waals surface area contributed by atoms with Gasteiger partial charge in [-0.3, -0.25) is 9.36 Å². The Bertz CT molecular complexity index is 1190. The second-order valence-electron chi connectivity index (χ2n) is 10.1. The van der Waals surface area contributed by atoms with Crippen LogP contribution in [-0.2, 0) is 12.5 Å². The molecule has 0 radical (unpaired) electrons. The van der Waals surface area contributed by atoms with E-state index in [0.717, 1.165) is 19.3 Å². The van der Waals surface area contributed by atoms with Crippen LogP contribution in [0.1, 0.15) is 66.4 Å². The highest BCUT2D eigenvalue weighted by Gasteiger charge is 2.69. The lowest BCUT2D eigenvalue weighted by Crippen LogP contribution is -2.78. The van der Waals surface area contributed by atoms with E-state index in [1.807, 2.05) is 17.7 Å². The van der Waals surface area contributed by atoms with Crippen LogP contribution in [0.5, 0.6) is 0 Å². The standard InChI is InChI=1S/C23H26N4O3/c1-21(2,3)25-23-11-22(12-23,13-23)16-8-17(26(4)10-16)19(28)27-6-5-14-7-15(20(29)30)9-24-18(14)27/h5-10,25H,11-13H2,1-4H3,(H,29,30). The Morgan fingerprint density at radius 1 is 1.20 bits per heavy atom. The maximum absolute atomic E-state index is 13.2. The summed E-state index contributed by atoms with van der Waals surface area (Å²) in [6, 6.07) is 5.27. The Labute approximate surface area is 174 Å². The lowest BCUT2D eigenvalue weighted by Gasteiger charge is -2.72. The molecule has 7 nitrogen and oxygen atoms in total. The number of nitrogens with one attached hydrogen (secondary N) is 1. The molecule has 2 N–H and O–H groups in total. The Hall–Kier alpha value is -2.93. The zero-order valence-corrected chi connectivity index (χ0v) is 17.7. The zero-order valence-electron chi connectivity index (χ0n) is 17.7. The number of hydrogen-bond acceptors (Lipinski definition) is 4. The third-order valence-corrected chi connectivity index (χ3v) is 6.50. The highest BCUT2D eigenvalue weighted by Crippen LogP contribution is 2.68. The summed E-state index contributed by atoms with van der Waals surface area (Å²) in [5.41, 5.74) is 2.94. The van der Waals surface area contributed by atoms with Crippen molar-refractivity contribution in [3.8, 4) is 0 Å². The quantitative estimate of drug-likeness (QED) is 0.694. The van der Waals surface area contributed by atoms with E-state index in [0.29, 0.717) is 16.7 Å². The van der Waals surface area contributed by atoms with E-state index in [1.165, 1.54) is 22.4 Å². The van der Waals surface area contributed by atoms with Gasteiger partial charge >= 0.3 is 5.97 Å². The van der Waals surface area contributed by atoms with Gasteiger partial charge in [0.1, 0.15) is 11.3 Å². The minimum atomic E-state index is -1.03. The minimum Gasteiger partial charge on any atom is -0.478 e. The molecule has 3 saturated carbocycles. The molecule has 6 rings (SSSR count). The van der Waals surface area contributed by atoms with Crippen molar-refractivity contribution in [2.24, 2.45) is 7.05 Å². The van der Waals surface area contributed by atoms with Crippen LogP contribution in [0.4, 0.5) is 0 Å². The summed E-state index contributed by atoms with van der Waals surface area (Å²) in [6.07, 6.45) is 8.35. The second-order valence-corrected chi connectivity index (χ2v) is 10.1. The van der Waals surface area contributed by atoms with Gasteiger partial charge in [0.2, 0.25) is 0 Å². The van der Waals surface area contributed by atoms with Gasteiger partial charge in [0.25, 0.3) is 5.91 Å². The van der Waals surface area contributed by atoms with Gasteiger partial charge in [-0.1, -0.05) is 0 Å². The van der Waals surface area contributed by atoms with Crippen molar-refractivity contribution in [3.05, 3.63) is 53.6 Å². The second kappa shape index (κ2) is 5.82. The topological polar surface area (TPSA) is 89.2 Å². The number of carboxylic acid groups (broad SMARTS) is 1. The smallest absolute Gasteiger partial charge is 0.337 e. The molecule has 0 aliphatic heterocycles. The molecule has 0 amide bonds. The normalized spacial score (nSPS) is 25.1. The summed E-state index contributed by atoms with van der Waals surface area (Å²) in [4.78, 5) is 28.6. The van der Waals surface area contributed by atoms with E-state index in [1.54, 1.807) is 12.3 Å². The Morgan fingerprint density at radius 3 is 2.53 bits per heavy atom. The average Bonchev–Trinajstić information content (AvgIpc) is 3.18. The SMILES string of the molecule is Cn1cc(C23CC(NC(C)(C)C)(C2)C3)cc1C(=O)n1ccc2cc(C(=O)O)cnc21. The summed E-state index contributed by atoms with van der Waals surface area (Å²) in [7, 11) is 1.90. The molecule has 3 aromatic heterocycles. The first kappa shape index (κ1) is 19.1. The van der Waals surface area contributed by atoms with E-state index in [2.05, 4.69) is 37.3 Å². The van der Waals surface area contributed by atoms with Crippen LogP contribution in [-0.4, -0.2) is 42.2 Å². The Morgan fingerprint density at radius 2 is 1.90 bits per heavy atom. The summed E-state index contributed by atoms with van der Waals surface area (Å²) < 4.78 is 3.38. The summed E-state index contributed by atoms with van der Waals surface area (Å²) in [5.74, 6) is -1.20. The molecule has 0 atom stereocenters. The molecule has 156 valence electrons. The van der Waals surface area contributed by atoms with Crippen LogP contribution in [0.3, 0.4) is 0 Å². The molecule has 3 fully saturated rings. The van der Waals surface area contributed by atoms with Crippen molar-refractivity contribution in [1.82, 2.24) is 19.4 Å². The number of carboxylic acids is 1. The van der Waals surface area contributed by atoms with Gasteiger partial charge in [0.15, 0.2) is 0 Å². The van der Waals surface area contributed by atoms with Gasteiger partial charge in [-0.05, 0) is 63.8 Å². The fraction of sp³-hybridized carbons (Fsp3) is 0.435. The number of carbonyl (C=O) groups is 2. The first-order valence-electron chi connectivity index (χ1n) is 10.2. The molecule has 7 heteroatoms. The number of hydrogen-bond donors (Lipinski definition) is 2. The highest BCUT2D eigenvalue weighted by molar-refractivity contribution is 6.01. The monoisotopic (exact) mass is 406 g/mol. The molecule has 3 aromatic rings. The van der Waals surface area contributed by atoms with Gasteiger partial charge in [0.05, 0.1) is 5.56 Å². The zero-order chi connectivity index (χ0) is 21.5. The van der Waals surface area contributed by atoms with Gasteiger partial charge in [-0.2, -0.15) is 0 Å². The summed E-state index contributed by atoms with van der Waals surface area (Å²) in [6.45, 7) is 6.61. The van der Waals surface area contributed by atoms with Crippen LogP contribution in [0.15, 0.2) is 36.8 Å². The number of nitrogens with zero attached hydrogens (tertiary/aromatic N) is 3. The van der Waals surface area contributed by atoms with Crippen molar-refractivity contribution in [1.29, 1.82) is 0 Å². The molecule has 3 heterocycles. The molecule has 0 spiro atoms. The van der Waals surface area contributed by atoms with E-state index in [9.17, 15) is 9.59 Å². The van der Waals surface area contributed by atoms with Crippen molar-refractivity contribution in [2.45, 2.75) is 56.5 Å². The third-order valence-electron chi connectivity index (χ3n) is 6.50. The van der Waals surface area contributed by atoms with Crippen LogP contribution in [0.25, 0.3) is 11.0 Å². The predicted molar refractivity (Wildman–Crippen MR) is 113 cm³/mol. The molecule has 0 saturated heterocycles. The van der Waals surface area contributed by atoms with E-state index in [-0.39, 0.29) is 28.0 Å². The lowest BCUT2D eigenvalue weighted by molar-refractivity contribution is -0.102. The molecular weight excluding hydrogens is 380 g/mol. The maximum atomic E-state index is 13.2. The van der Waals surface area contributed by atoms with Crippen molar-refractivity contribution in [3.63, 3.8) is 0 Å². The molecule has 0 aromatic carbocycles. The number of aryl methyl sites for hydroxylation is 1. The van der Waals surface area contributed by atoms with Gasteiger partial charge < -0.3 is 15.0 Å². The molecule has 2 bridgehead atoms. The van der Waals surface area contributed by atoms with E-state index in [4.69, 9.17) is 5.11 Å². The summed E-state index contributed by atoms with van der Waals surface area (Å²) in [5, 5.41) is 13.5. The average molecular weight is 406 g/mol. The number of aromatic nitrogens is 3. The van der Waals surface area contributed by atoms with E-state index < -0.39 is 5.97 Å². The van der Waals surface area contributed by atoms with Crippen LogP contribution in [0, 0.1) is 0 Å². The van der Waals surface area contributed by atoms with Crippen LogP contribution < -0.4 is 5.32 Å². The fourth-order valence-corrected chi connectivity index (χ4v) is 5.52. The van der Waals surface area contributed by atoms with Crippen LogP contribution >= 0.6 is 0 Å². The number of fused-ring (bicyclic) bond motifs is 1. The molecule has 30 heavy (non-hydrogen) atoms. The fourth-order valence-electron chi connectivity index (χ4n) is 5.52. The molecular formula is C23H26N4O3. The third kappa shape index (κ3) is 2.72. The number of carbonyl (C=O) groups excluding carboxylic acids is 1. The van der Waals surface area contributed by atoms with Crippen molar-refractivity contribution in [2.75, 3.05) is 0 Å². The number of pyridine rings is 1.